The van der Waals surface area contributed by atoms with E-state index >= 15 is 0 Å². The van der Waals surface area contributed by atoms with Crippen molar-refractivity contribution in [2.45, 2.75) is 10.6 Å². The number of fused-ring (bicyclic) bond motifs is 1. The van der Waals surface area contributed by atoms with Crippen LogP contribution in [0.25, 0.3) is 11.0 Å². The van der Waals surface area contributed by atoms with E-state index in [4.69, 9.17) is 39.2 Å². The number of hydrogen-bond acceptors (Lipinski definition) is 3. The SMILES string of the molecule is O=C(c1ccc(Cl)cc1)c1oc2ccccc2c1C[S@](=O)c1ccc(Cl)cc1Cl. The summed E-state index contributed by atoms with van der Waals surface area (Å²) in [6, 6.07) is 18.6. The lowest BCUT2D eigenvalue weighted by molar-refractivity contribution is 0.101. The van der Waals surface area contributed by atoms with Gasteiger partial charge in [-0.25, -0.2) is 0 Å². The van der Waals surface area contributed by atoms with Gasteiger partial charge in [0.05, 0.1) is 26.5 Å². The van der Waals surface area contributed by atoms with Gasteiger partial charge in [0.2, 0.25) is 5.78 Å². The van der Waals surface area contributed by atoms with Gasteiger partial charge in [0.1, 0.15) is 5.58 Å². The normalized spacial score (nSPS) is 12.2. The van der Waals surface area contributed by atoms with Crippen LogP contribution >= 0.6 is 34.8 Å². The van der Waals surface area contributed by atoms with Crippen LogP contribution in [0.2, 0.25) is 15.1 Å². The molecule has 0 amide bonds. The van der Waals surface area contributed by atoms with E-state index in [0.29, 0.717) is 36.7 Å². The molecule has 3 aromatic carbocycles. The molecule has 146 valence electrons. The molecular weight excluding hydrogens is 451 g/mol. The van der Waals surface area contributed by atoms with Crippen LogP contribution in [0, 0.1) is 0 Å². The van der Waals surface area contributed by atoms with Gasteiger partial charge in [-0.3, -0.25) is 9.00 Å². The highest BCUT2D eigenvalue weighted by Gasteiger charge is 2.24. The fraction of sp³-hybridized carbons (Fsp3) is 0.0455. The second-order valence-corrected chi connectivity index (χ2v) is 9.01. The topological polar surface area (TPSA) is 47.3 Å². The zero-order chi connectivity index (χ0) is 20.5. The Balaban J connectivity index is 1.78. The van der Waals surface area contributed by atoms with Gasteiger partial charge in [0.15, 0.2) is 5.76 Å². The number of rotatable bonds is 5. The number of carbonyl (C=O) groups excluding carboxylic acids is 1. The van der Waals surface area contributed by atoms with Crippen molar-refractivity contribution in [1.82, 2.24) is 0 Å². The predicted molar refractivity (Wildman–Crippen MR) is 118 cm³/mol. The van der Waals surface area contributed by atoms with Crippen molar-refractivity contribution in [3.63, 3.8) is 0 Å². The van der Waals surface area contributed by atoms with E-state index in [1.54, 1.807) is 48.5 Å². The molecule has 0 aliphatic heterocycles. The lowest BCUT2D eigenvalue weighted by atomic mass is 10.0. The molecule has 0 fully saturated rings. The van der Waals surface area contributed by atoms with Gasteiger partial charge in [-0.1, -0.05) is 53.0 Å². The van der Waals surface area contributed by atoms with Crippen LogP contribution in [-0.2, 0) is 16.6 Å². The zero-order valence-electron chi connectivity index (χ0n) is 14.8. The molecular formula is C22H13Cl3O3S. The van der Waals surface area contributed by atoms with Gasteiger partial charge in [-0.2, -0.15) is 0 Å². The minimum absolute atomic E-state index is 0.0764. The van der Waals surface area contributed by atoms with E-state index in [0.717, 1.165) is 5.39 Å². The smallest absolute Gasteiger partial charge is 0.228 e. The minimum Gasteiger partial charge on any atom is -0.452 e. The lowest BCUT2D eigenvalue weighted by Crippen LogP contribution is -2.06. The minimum atomic E-state index is -1.50. The van der Waals surface area contributed by atoms with E-state index in [2.05, 4.69) is 0 Å². The molecule has 0 unspecified atom stereocenters. The Labute approximate surface area is 184 Å². The summed E-state index contributed by atoms with van der Waals surface area (Å²) in [6.45, 7) is 0. The molecule has 0 saturated carbocycles. The standard InChI is InChI=1S/C22H13Cl3O3S/c23-14-7-5-13(6-8-14)21(26)22-17(16-3-1-2-4-19(16)28-22)12-29(27)20-10-9-15(24)11-18(20)25/h1-11H,12H2/t29-/m0/s1. The van der Waals surface area contributed by atoms with E-state index in [9.17, 15) is 9.00 Å². The maximum absolute atomic E-state index is 13.1. The third-order valence-electron chi connectivity index (χ3n) is 4.43. The van der Waals surface area contributed by atoms with Gasteiger partial charge < -0.3 is 4.42 Å². The van der Waals surface area contributed by atoms with Crippen molar-refractivity contribution in [1.29, 1.82) is 0 Å². The van der Waals surface area contributed by atoms with Gasteiger partial charge in [-0.15, -0.1) is 0 Å². The van der Waals surface area contributed by atoms with Crippen molar-refractivity contribution in [3.8, 4) is 0 Å². The quantitative estimate of drug-likeness (QED) is 0.301. The monoisotopic (exact) mass is 462 g/mol. The molecule has 4 rings (SSSR count). The Kier molecular flexibility index (Phi) is 5.79. The first-order valence-corrected chi connectivity index (χ1v) is 11.0. The molecule has 1 heterocycles. The zero-order valence-corrected chi connectivity index (χ0v) is 17.9. The summed E-state index contributed by atoms with van der Waals surface area (Å²) in [5, 5.41) is 2.05. The lowest BCUT2D eigenvalue weighted by Gasteiger charge is -2.06. The average molecular weight is 464 g/mol. The highest BCUT2D eigenvalue weighted by molar-refractivity contribution is 7.84. The number of benzene rings is 3. The molecule has 7 heteroatoms. The molecule has 1 atom stereocenters. The summed E-state index contributed by atoms with van der Waals surface area (Å²) in [6.07, 6.45) is 0. The molecule has 29 heavy (non-hydrogen) atoms. The highest BCUT2D eigenvalue weighted by Crippen LogP contribution is 2.32. The summed E-state index contributed by atoms with van der Waals surface area (Å²) < 4.78 is 18.9. The third kappa shape index (κ3) is 4.12. The first-order chi connectivity index (χ1) is 13.9. The molecule has 1 aromatic heterocycles. The number of ketones is 1. The Bertz CT molecular complexity index is 1250. The molecule has 0 radical (unpaired) electrons. The molecule has 3 nitrogen and oxygen atoms in total. The van der Waals surface area contributed by atoms with Crippen molar-refractivity contribution in [2.75, 3.05) is 0 Å². The number of halogens is 3. The van der Waals surface area contributed by atoms with Gasteiger partial charge >= 0.3 is 0 Å². The summed E-state index contributed by atoms with van der Waals surface area (Å²) in [7, 11) is -1.50. The Morgan fingerprint density at radius 2 is 1.59 bits per heavy atom. The Morgan fingerprint density at radius 1 is 0.897 bits per heavy atom. The van der Waals surface area contributed by atoms with Crippen molar-refractivity contribution < 1.29 is 13.4 Å². The van der Waals surface area contributed by atoms with Crippen molar-refractivity contribution >= 4 is 62.4 Å². The van der Waals surface area contributed by atoms with E-state index in [1.807, 2.05) is 18.2 Å². The highest BCUT2D eigenvalue weighted by atomic mass is 35.5. The van der Waals surface area contributed by atoms with Crippen LogP contribution in [0.4, 0.5) is 0 Å². The van der Waals surface area contributed by atoms with Crippen molar-refractivity contribution in [3.05, 3.63) is 98.7 Å². The molecule has 0 aliphatic carbocycles. The number of hydrogen-bond donors (Lipinski definition) is 0. The van der Waals surface area contributed by atoms with Crippen LogP contribution in [0.1, 0.15) is 21.7 Å². The van der Waals surface area contributed by atoms with E-state index in [1.165, 1.54) is 0 Å². The van der Waals surface area contributed by atoms with Gasteiger partial charge in [-0.05, 0) is 48.5 Å². The molecule has 0 N–H and O–H groups in total. The van der Waals surface area contributed by atoms with Crippen LogP contribution in [0.3, 0.4) is 0 Å². The van der Waals surface area contributed by atoms with Crippen LogP contribution in [0.15, 0.2) is 76.0 Å². The van der Waals surface area contributed by atoms with E-state index in [-0.39, 0.29) is 17.3 Å². The summed E-state index contributed by atoms with van der Waals surface area (Å²) in [5.74, 6) is -0.0634. The van der Waals surface area contributed by atoms with Crippen molar-refractivity contribution in [2.24, 2.45) is 0 Å². The third-order valence-corrected chi connectivity index (χ3v) is 6.73. The van der Waals surface area contributed by atoms with E-state index < -0.39 is 10.8 Å². The van der Waals surface area contributed by atoms with Crippen LogP contribution in [-0.4, -0.2) is 9.99 Å². The predicted octanol–water partition coefficient (Wildman–Crippen LogP) is 6.93. The molecule has 0 bridgehead atoms. The summed E-state index contributed by atoms with van der Waals surface area (Å²) in [4.78, 5) is 13.5. The van der Waals surface area contributed by atoms with Crippen LogP contribution in [0.5, 0.6) is 0 Å². The Hall–Kier alpha value is -2.11. The molecule has 0 saturated heterocycles. The fourth-order valence-electron chi connectivity index (χ4n) is 3.03. The number of para-hydroxylation sites is 1. The molecule has 0 spiro atoms. The number of carbonyl (C=O) groups is 1. The second kappa shape index (κ2) is 8.33. The molecule has 4 aromatic rings. The maximum Gasteiger partial charge on any atom is 0.228 e. The first kappa shape index (κ1) is 20.2. The fourth-order valence-corrected chi connectivity index (χ4v) is 5.02. The summed E-state index contributed by atoms with van der Waals surface area (Å²) >= 11 is 18.1. The largest absolute Gasteiger partial charge is 0.452 e. The van der Waals surface area contributed by atoms with Gasteiger partial charge in [0, 0.05) is 26.6 Å². The summed E-state index contributed by atoms with van der Waals surface area (Å²) in [5.41, 5.74) is 1.56. The maximum atomic E-state index is 13.1. The Morgan fingerprint density at radius 3 is 2.31 bits per heavy atom. The van der Waals surface area contributed by atoms with Gasteiger partial charge in [0.25, 0.3) is 0 Å². The molecule has 0 aliphatic rings. The first-order valence-electron chi connectivity index (χ1n) is 8.58. The number of furan rings is 1. The average Bonchev–Trinajstić information content (AvgIpc) is 3.06. The van der Waals surface area contributed by atoms with Crippen LogP contribution < -0.4 is 0 Å². The second-order valence-electron chi connectivity index (χ2n) is 6.31.